The Kier molecular flexibility index (Phi) is 6.94. The zero-order valence-electron chi connectivity index (χ0n) is 12.0. The summed E-state index contributed by atoms with van der Waals surface area (Å²) in [7, 11) is 0. The van der Waals surface area contributed by atoms with Crippen LogP contribution in [0.1, 0.15) is 18.1 Å². The minimum atomic E-state index is -4.68. The number of alkyl halides is 3. The van der Waals surface area contributed by atoms with Gasteiger partial charge in [0.05, 0.1) is 12.5 Å². The average molecular weight is 400 g/mol. The maximum Gasteiger partial charge on any atom is 0.426 e. The second-order valence-corrected chi connectivity index (χ2v) is 6.03. The standard InChI is InChI=1S/C15H15BrClF3O2/c1-3-22-14(21)11(8-13(17)15(18,19)20)6-10-4-9(2)5-12(16)7-10/h4-5,7-8,11H,3,6H2,1-2H3/b13-8-. The fraction of sp³-hybridized carbons (Fsp3) is 0.400. The number of aryl methyl sites for hydroxylation is 1. The van der Waals surface area contributed by atoms with Gasteiger partial charge >= 0.3 is 12.1 Å². The van der Waals surface area contributed by atoms with Crippen molar-refractivity contribution in [3.63, 3.8) is 0 Å². The lowest BCUT2D eigenvalue weighted by Gasteiger charge is -2.14. The fourth-order valence-corrected chi connectivity index (χ4v) is 2.72. The van der Waals surface area contributed by atoms with E-state index in [-0.39, 0.29) is 13.0 Å². The summed E-state index contributed by atoms with van der Waals surface area (Å²) < 4.78 is 43.3. The Morgan fingerprint density at radius 2 is 2.05 bits per heavy atom. The summed E-state index contributed by atoms with van der Waals surface area (Å²) >= 11 is 8.56. The van der Waals surface area contributed by atoms with E-state index in [1.165, 1.54) is 0 Å². The molecule has 0 aromatic heterocycles. The van der Waals surface area contributed by atoms with Crippen LogP contribution in [0, 0.1) is 12.8 Å². The number of benzene rings is 1. The summed E-state index contributed by atoms with van der Waals surface area (Å²) in [4.78, 5) is 11.9. The maximum atomic E-state index is 12.6. The molecule has 1 aromatic rings. The summed E-state index contributed by atoms with van der Waals surface area (Å²) in [5.41, 5.74) is 1.64. The van der Waals surface area contributed by atoms with Gasteiger partial charge in [-0.2, -0.15) is 13.2 Å². The Morgan fingerprint density at radius 3 is 2.55 bits per heavy atom. The Balaban J connectivity index is 3.08. The van der Waals surface area contributed by atoms with E-state index in [1.54, 1.807) is 19.1 Å². The molecular formula is C15H15BrClF3O2. The van der Waals surface area contributed by atoms with Crippen LogP contribution in [0.5, 0.6) is 0 Å². The number of hydrogen-bond acceptors (Lipinski definition) is 2. The quantitative estimate of drug-likeness (QED) is 0.639. The van der Waals surface area contributed by atoms with Crippen molar-refractivity contribution in [3.05, 3.63) is 44.9 Å². The van der Waals surface area contributed by atoms with Crippen LogP contribution in [-0.2, 0) is 16.0 Å². The van der Waals surface area contributed by atoms with Crippen LogP contribution in [0.25, 0.3) is 0 Å². The molecular weight excluding hydrogens is 385 g/mol. The molecule has 0 spiro atoms. The Hall–Kier alpha value is -1.01. The number of carbonyl (C=O) groups excluding carboxylic acids is 1. The maximum absolute atomic E-state index is 12.6. The molecule has 7 heteroatoms. The largest absolute Gasteiger partial charge is 0.466 e. The monoisotopic (exact) mass is 398 g/mol. The second kappa shape index (κ2) is 8.02. The normalized spacial score (nSPS) is 13.9. The van der Waals surface area contributed by atoms with Gasteiger partial charge in [0.1, 0.15) is 5.03 Å². The van der Waals surface area contributed by atoms with E-state index in [0.717, 1.165) is 10.0 Å². The van der Waals surface area contributed by atoms with Gasteiger partial charge in [0.2, 0.25) is 0 Å². The van der Waals surface area contributed by atoms with Crippen molar-refractivity contribution in [2.24, 2.45) is 5.92 Å². The first-order chi connectivity index (χ1) is 10.1. The van der Waals surface area contributed by atoms with Crippen molar-refractivity contribution in [3.8, 4) is 0 Å². The predicted octanol–water partition coefficient (Wildman–Crippen LogP) is 5.16. The van der Waals surface area contributed by atoms with Crippen molar-refractivity contribution < 1.29 is 22.7 Å². The van der Waals surface area contributed by atoms with E-state index >= 15 is 0 Å². The first-order valence-corrected chi connectivity index (χ1v) is 7.67. The molecule has 1 aromatic carbocycles. The number of carbonyl (C=O) groups is 1. The smallest absolute Gasteiger partial charge is 0.426 e. The average Bonchev–Trinajstić information content (AvgIpc) is 2.35. The van der Waals surface area contributed by atoms with Crippen LogP contribution >= 0.6 is 27.5 Å². The summed E-state index contributed by atoms with van der Waals surface area (Å²) in [5, 5.41) is -1.32. The molecule has 0 N–H and O–H groups in total. The van der Waals surface area contributed by atoms with Crippen LogP contribution in [0.3, 0.4) is 0 Å². The third-order valence-corrected chi connectivity index (χ3v) is 3.56. The van der Waals surface area contributed by atoms with Crippen molar-refractivity contribution in [2.45, 2.75) is 26.4 Å². The number of rotatable bonds is 5. The van der Waals surface area contributed by atoms with Crippen LogP contribution in [0.15, 0.2) is 33.8 Å². The lowest BCUT2D eigenvalue weighted by atomic mass is 9.97. The Bertz CT molecular complexity index is 550. The van der Waals surface area contributed by atoms with Crippen molar-refractivity contribution in [1.29, 1.82) is 0 Å². The molecule has 0 radical (unpaired) electrons. The predicted molar refractivity (Wildman–Crippen MR) is 82.7 cm³/mol. The minimum Gasteiger partial charge on any atom is -0.466 e. The molecule has 1 unspecified atom stereocenters. The highest BCUT2D eigenvalue weighted by Gasteiger charge is 2.34. The molecule has 0 bridgehead atoms. The molecule has 0 aliphatic heterocycles. The summed E-state index contributed by atoms with van der Waals surface area (Å²) in [6.07, 6.45) is -3.90. The van der Waals surface area contributed by atoms with Gasteiger partial charge in [0, 0.05) is 4.47 Å². The van der Waals surface area contributed by atoms with Gasteiger partial charge in [0.25, 0.3) is 0 Å². The van der Waals surface area contributed by atoms with Crippen molar-refractivity contribution in [1.82, 2.24) is 0 Å². The van der Waals surface area contributed by atoms with Gasteiger partial charge in [-0.3, -0.25) is 4.79 Å². The van der Waals surface area contributed by atoms with Crippen LogP contribution < -0.4 is 0 Å². The van der Waals surface area contributed by atoms with Gasteiger partial charge in [-0.05, 0) is 49.6 Å². The third kappa shape index (κ3) is 6.01. The van der Waals surface area contributed by atoms with E-state index < -0.39 is 23.1 Å². The highest BCUT2D eigenvalue weighted by atomic mass is 79.9. The van der Waals surface area contributed by atoms with Crippen LogP contribution in [0.4, 0.5) is 13.2 Å². The first-order valence-electron chi connectivity index (χ1n) is 6.50. The Morgan fingerprint density at radius 1 is 1.41 bits per heavy atom. The number of halogens is 5. The van der Waals surface area contributed by atoms with Gasteiger partial charge in [-0.25, -0.2) is 0 Å². The zero-order chi connectivity index (χ0) is 16.9. The lowest BCUT2D eigenvalue weighted by molar-refractivity contribution is -0.146. The highest BCUT2D eigenvalue weighted by Crippen LogP contribution is 2.31. The van der Waals surface area contributed by atoms with Gasteiger partial charge in [-0.15, -0.1) is 0 Å². The first kappa shape index (κ1) is 19.0. The van der Waals surface area contributed by atoms with E-state index in [9.17, 15) is 18.0 Å². The Labute approximate surface area is 140 Å². The minimum absolute atomic E-state index is 0.0748. The van der Waals surface area contributed by atoms with Crippen LogP contribution in [-0.4, -0.2) is 18.8 Å². The summed E-state index contributed by atoms with van der Waals surface area (Å²) in [6.45, 7) is 3.53. The molecule has 1 atom stereocenters. The molecule has 0 saturated carbocycles. The van der Waals surface area contributed by atoms with E-state index in [0.29, 0.717) is 11.6 Å². The lowest BCUT2D eigenvalue weighted by Crippen LogP contribution is -2.20. The topological polar surface area (TPSA) is 26.3 Å². The van der Waals surface area contributed by atoms with E-state index in [4.69, 9.17) is 16.3 Å². The number of esters is 1. The van der Waals surface area contributed by atoms with Gasteiger partial charge < -0.3 is 4.74 Å². The fourth-order valence-electron chi connectivity index (χ4n) is 1.91. The second-order valence-electron chi connectivity index (χ2n) is 4.71. The third-order valence-electron chi connectivity index (χ3n) is 2.77. The number of ether oxygens (including phenoxy) is 1. The molecule has 0 fully saturated rings. The molecule has 122 valence electrons. The number of allylic oxidation sites excluding steroid dienone is 1. The molecule has 1 rings (SSSR count). The highest BCUT2D eigenvalue weighted by molar-refractivity contribution is 9.10. The summed E-state index contributed by atoms with van der Waals surface area (Å²) in [5.74, 6) is -1.83. The van der Waals surface area contributed by atoms with Crippen molar-refractivity contribution >= 4 is 33.5 Å². The van der Waals surface area contributed by atoms with E-state index in [2.05, 4.69) is 15.9 Å². The SMILES string of the molecule is CCOC(=O)C(/C=C(\Cl)C(F)(F)F)Cc1cc(C)cc(Br)c1. The molecule has 0 heterocycles. The molecule has 0 aliphatic carbocycles. The zero-order valence-corrected chi connectivity index (χ0v) is 14.3. The number of hydrogen-bond donors (Lipinski definition) is 0. The van der Waals surface area contributed by atoms with E-state index in [1.807, 2.05) is 13.0 Å². The molecule has 0 aliphatic rings. The van der Waals surface area contributed by atoms with Gasteiger partial charge in [0.15, 0.2) is 0 Å². The van der Waals surface area contributed by atoms with Crippen molar-refractivity contribution in [2.75, 3.05) is 6.61 Å². The van der Waals surface area contributed by atoms with Gasteiger partial charge in [-0.1, -0.05) is 33.6 Å². The molecule has 22 heavy (non-hydrogen) atoms. The molecule has 2 nitrogen and oxygen atoms in total. The molecule has 0 saturated heterocycles. The summed E-state index contributed by atoms with van der Waals surface area (Å²) in [6, 6.07) is 5.41. The van der Waals surface area contributed by atoms with Crippen LogP contribution in [0.2, 0.25) is 0 Å². The molecule has 0 amide bonds.